The molecule has 1 saturated carbocycles. The van der Waals surface area contributed by atoms with Crippen LogP contribution in [0.15, 0.2) is 0 Å². The summed E-state index contributed by atoms with van der Waals surface area (Å²) in [5.74, 6) is 1.71. The molecule has 2 fully saturated rings. The van der Waals surface area contributed by atoms with Gasteiger partial charge in [-0.25, -0.2) is 0 Å². The molecule has 19 heavy (non-hydrogen) atoms. The largest absolute Gasteiger partial charge is 0.381 e. The standard InChI is InChI=1S/C16H32N2O/c1-14-5-7-16(8-6-14)17-9-10-18(2)12-15-4-3-11-19-13-15/h14-17H,3-13H2,1-2H3. The first-order valence-electron chi connectivity index (χ1n) is 8.23. The summed E-state index contributed by atoms with van der Waals surface area (Å²) in [6, 6.07) is 0.780. The molecule has 0 aromatic rings. The van der Waals surface area contributed by atoms with Crippen LogP contribution in [0.3, 0.4) is 0 Å². The van der Waals surface area contributed by atoms with Crippen LogP contribution in [-0.2, 0) is 4.74 Å². The van der Waals surface area contributed by atoms with Gasteiger partial charge in [0, 0.05) is 32.3 Å². The van der Waals surface area contributed by atoms with E-state index in [0.717, 1.165) is 37.6 Å². The molecule has 112 valence electrons. The lowest BCUT2D eigenvalue weighted by Crippen LogP contribution is -2.39. The predicted molar refractivity (Wildman–Crippen MR) is 80.5 cm³/mol. The Labute approximate surface area is 119 Å². The SMILES string of the molecule is CC1CCC(NCCN(C)CC2CCCOC2)CC1. The highest BCUT2D eigenvalue weighted by atomic mass is 16.5. The summed E-state index contributed by atoms with van der Waals surface area (Å²) in [5, 5.41) is 3.74. The Hall–Kier alpha value is -0.120. The summed E-state index contributed by atoms with van der Waals surface area (Å²) >= 11 is 0. The Balaban J connectivity index is 1.52. The van der Waals surface area contributed by atoms with E-state index >= 15 is 0 Å². The molecular weight excluding hydrogens is 236 g/mol. The van der Waals surface area contributed by atoms with Crippen molar-refractivity contribution in [1.29, 1.82) is 0 Å². The minimum atomic E-state index is 0.759. The van der Waals surface area contributed by atoms with Crippen LogP contribution in [0.25, 0.3) is 0 Å². The van der Waals surface area contributed by atoms with Gasteiger partial charge in [0.2, 0.25) is 0 Å². The van der Waals surface area contributed by atoms with Gasteiger partial charge in [0.25, 0.3) is 0 Å². The van der Waals surface area contributed by atoms with E-state index in [1.165, 1.54) is 51.6 Å². The third-order valence-corrected chi connectivity index (χ3v) is 4.77. The third-order valence-electron chi connectivity index (χ3n) is 4.77. The summed E-state index contributed by atoms with van der Waals surface area (Å²) in [5.41, 5.74) is 0. The first kappa shape index (κ1) is 15.3. The highest BCUT2D eigenvalue weighted by molar-refractivity contribution is 4.76. The van der Waals surface area contributed by atoms with Crippen LogP contribution >= 0.6 is 0 Å². The quantitative estimate of drug-likeness (QED) is 0.801. The van der Waals surface area contributed by atoms with E-state index in [9.17, 15) is 0 Å². The molecule has 2 rings (SSSR count). The molecular formula is C16H32N2O. The van der Waals surface area contributed by atoms with E-state index in [1.54, 1.807) is 0 Å². The molecule has 0 radical (unpaired) electrons. The van der Waals surface area contributed by atoms with Gasteiger partial charge >= 0.3 is 0 Å². The monoisotopic (exact) mass is 268 g/mol. The van der Waals surface area contributed by atoms with Gasteiger partial charge < -0.3 is 15.0 Å². The van der Waals surface area contributed by atoms with Crippen LogP contribution in [0.5, 0.6) is 0 Å². The molecule has 1 aliphatic heterocycles. The average molecular weight is 268 g/mol. The van der Waals surface area contributed by atoms with E-state index in [-0.39, 0.29) is 0 Å². The molecule has 1 saturated heterocycles. The van der Waals surface area contributed by atoms with Gasteiger partial charge in [-0.1, -0.05) is 6.92 Å². The Kier molecular flexibility index (Phi) is 6.62. The van der Waals surface area contributed by atoms with Crippen molar-refractivity contribution >= 4 is 0 Å². The maximum absolute atomic E-state index is 5.55. The fourth-order valence-electron chi connectivity index (χ4n) is 3.41. The van der Waals surface area contributed by atoms with Gasteiger partial charge in [0.15, 0.2) is 0 Å². The lowest BCUT2D eigenvalue weighted by atomic mass is 9.87. The van der Waals surface area contributed by atoms with Crippen molar-refractivity contribution in [3.05, 3.63) is 0 Å². The lowest BCUT2D eigenvalue weighted by molar-refractivity contribution is 0.0421. The van der Waals surface area contributed by atoms with E-state index in [1.807, 2.05) is 0 Å². The molecule has 1 atom stereocenters. The second kappa shape index (κ2) is 8.23. The fourth-order valence-corrected chi connectivity index (χ4v) is 3.41. The Morgan fingerprint density at radius 2 is 1.95 bits per heavy atom. The molecule has 3 nitrogen and oxygen atoms in total. The molecule has 0 aromatic carbocycles. The van der Waals surface area contributed by atoms with Crippen molar-refractivity contribution < 1.29 is 4.74 Å². The van der Waals surface area contributed by atoms with Crippen LogP contribution in [0.1, 0.15) is 45.4 Å². The zero-order chi connectivity index (χ0) is 13.5. The van der Waals surface area contributed by atoms with E-state index in [2.05, 4.69) is 24.2 Å². The summed E-state index contributed by atoms with van der Waals surface area (Å²) in [4.78, 5) is 2.47. The number of nitrogens with one attached hydrogen (secondary N) is 1. The molecule has 0 aromatic heterocycles. The van der Waals surface area contributed by atoms with Crippen molar-refractivity contribution in [3.63, 3.8) is 0 Å². The van der Waals surface area contributed by atoms with E-state index in [4.69, 9.17) is 4.74 Å². The molecule has 1 heterocycles. The van der Waals surface area contributed by atoms with Crippen LogP contribution < -0.4 is 5.32 Å². The average Bonchev–Trinajstić information content (AvgIpc) is 2.42. The van der Waals surface area contributed by atoms with Gasteiger partial charge in [0.05, 0.1) is 6.61 Å². The molecule has 3 heteroatoms. The highest BCUT2D eigenvalue weighted by Gasteiger charge is 2.18. The number of ether oxygens (including phenoxy) is 1. The number of rotatable bonds is 6. The zero-order valence-electron chi connectivity index (χ0n) is 12.9. The Morgan fingerprint density at radius 3 is 2.63 bits per heavy atom. The molecule has 0 amide bonds. The van der Waals surface area contributed by atoms with Crippen molar-refractivity contribution in [2.24, 2.45) is 11.8 Å². The van der Waals surface area contributed by atoms with Crippen molar-refractivity contribution in [3.8, 4) is 0 Å². The highest BCUT2D eigenvalue weighted by Crippen LogP contribution is 2.23. The van der Waals surface area contributed by atoms with E-state index < -0.39 is 0 Å². The predicted octanol–water partition coefficient (Wildman–Crippen LogP) is 2.51. The van der Waals surface area contributed by atoms with Gasteiger partial charge in [-0.3, -0.25) is 0 Å². The van der Waals surface area contributed by atoms with Crippen LogP contribution in [0.4, 0.5) is 0 Å². The molecule has 1 aliphatic carbocycles. The normalized spacial score (nSPS) is 32.7. The fraction of sp³-hybridized carbons (Fsp3) is 1.00. The van der Waals surface area contributed by atoms with Crippen LogP contribution in [0.2, 0.25) is 0 Å². The van der Waals surface area contributed by atoms with Gasteiger partial charge in [-0.2, -0.15) is 0 Å². The smallest absolute Gasteiger partial charge is 0.0506 e. The minimum Gasteiger partial charge on any atom is -0.381 e. The molecule has 2 aliphatic rings. The zero-order valence-corrected chi connectivity index (χ0v) is 12.9. The summed E-state index contributed by atoms with van der Waals surface area (Å²) < 4.78 is 5.55. The van der Waals surface area contributed by atoms with Crippen molar-refractivity contribution in [2.75, 3.05) is 39.9 Å². The third kappa shape index (κ3) is 5.80. The summed E-state index contributed by atoms with van der Waals surface area (Å²) in [6.45, 7) is 7.84. The molecule has 0 spiro atoms. The maximum atomic E-state index is 5.55. The summed E-state index contributed by atoms with van der Waals surface area (Å²) in [6.07, 6.45) is 8.16. The lowest BCUT2D eigenvalue weighted by Gasteiger charge is -2.29. The first-order valence-corrected chi connectivity index (χ1v) is 8.23. The molecule has 0 bridgehead atoms. The Bertz CT molecular complexity index is 233. The first-order chi connectivity index (χ1) is 9.24. The van der Waals surface area contributed by atoms with E-state index in [0.29, 0.717) is 0 Å². The number of nitrogens with zero attached hydrogens (tertiary/aromatic N) is 1. The topological polar surface area (TPSA) is 24.5 Å². The number of likely N-dealkylation sites (N-methyl/N-ethyl adjacent to an activating group) is 1. The number of hydrogen-bond acceptors (Lipinski definition) is 3. The van der Waals surface area contributed by atoms with Gasteiger partial charge in [-0.15, -0.1) is 0 Å². The molecule has 1 N–H and O–H groups in total. The van der Waals surface area contributed by atoms with Crippen molar-refractivity contribution in [1.82, 2.24) is 10.2 Å². The second-order valence-corrected chi connectivity index (χ2v) is 6.76. The molecule has 1 unspecified atom stereocenters. The maximum Gasteiger partial charge on any atom is 0.0506 e. The minimum absolute atomic E-state index is 0.759. The second-order valence-electron chi connectivity index (χ2n) is 6.76. The number of hydrogen-bond donors (Lipinski definition) is 1. The van der Waals surface area contributed by atoms with Gasteiger partial charge in [-0.05, 0) is 57.4 Å². The van der Waals surface area contributed by atoms with Gasteiger partial charge in [0.1, 0.15) is 0 Å². The van der Waals surface area contributed by atoms with Crippen LogP contribution in [0, 0.1) is 11.8 Å². The Morgan fingerprint density at radius 1 is 1.16 bits per heavy atom. The summed E-state index contributed by atoms with van der Waals surface area (Å²) in [7, 11) is 2.25. The van der Waals surface area contributed by atoms with Crippen molar-refractivity contribution in [2.45, 2.75) is 51.5 Å². The van der Waals surface area contributed by atoms with Crippen LogP contribution in [-0.4, -0.2) is 50.8 Å².